The Bertz CT molecular complexity index is 1010. The molecule has 1 N–H and O–H groups in total. The van der Waals surface area contributed by atoms with E-state index in [1.54, 1.807) is 11.7 Å². The number of aromatic nitrogens is 1. The molecule has 7 heteroatoms. The Morgan fingerprint density at radius 1 is 1.24 bits per heavy atom. The van der Waals surface area contributed by atoms with Crippen LogP contribution in [0, 0.1) is 0 Å². The third-order valence-electron chi connectivity index (χ3n) is 6.52. The number of para-hydroxylation sites is 1. The number of fused-ring (bicyclic) bond motifs is 3. The first-order chi connectivity index (χ1) is 13.9. The van der Waals surface area contributed by atoms with Crippen LogP contribution in [0.1, 0.15) is 55.1 Å². The molecule has 2 atom stereocenters. The average molecular weight is 398 g/mol. The summed E-state index contributed by atoms with van der Waals surface area (Å²) in [6.07, 6.45) is 2.62. The number of carbonyl (C=O) groups is 3. The first-order valence-electron chi connectivity index (χ1n) is 9.94. The van der Waals surface area contributed by atoms with Gasteiger partial charge in [-0.2, -0.15) is 5.48 Å². The van der Waals surface area contributed by atoms with Gasteiger partial charge in [-0.1, -0.05) is 18.2 Å². The number of benzene rings is 1. The summed E-state index contributed by atoms with van der Waals surface area (Å²) in [6.45, 7) is 1.97. The van der Waals surface area contributed by atoms with Crippen molar-refractivity contribution < 1.29 is 24.0 Å². The van der Waals surface area contributed by atoms with E-state index in [1.165, 1.54) is 14.0 Å². The number of ether oxygens (including phenoxy) is 1. The minimum absolute atomic E-state index is 0.00552. The number of Topliss-reactive ketones (excluding diaryl/α,β-unsaturated/α-hetero) is 2. The number of methoxy groups -OCH3 is 1. The normalized spacial score (nSPS) is 26.0. The van der Waals surface area contributed by atoms with E-state index in [4.69, 9.17) is 9.57 Å². The molecule has 0 radical (unpaired) electrons. The molecule has 7 nitrogen and oxygen atoms in total. The third-order valence-corrected chi connectivity index (χ3v) is 6.52. The number of hydroxylamine groups is 1. The molecule has 1 aromatic heterocycles. The number of nitrogens with one attached hydrogen (secondary N) is 1. The Kier molecular flexibility index (Phi) is 4.93. The van der Waals surface area contributed by atoms with Gasteiger partial charge in [-0.15, -0.1) is 0 Å². The molecule has 0 amide bonds. The molecule has 2 aromatic rings. The molecule has 0 fully saturated rings. The summed E-state index contributed by atoms with van der Waals surface area (Å²) in [5.74, 6) is -0.560. The molecular weight excluding hydrogens is 372 g/mol. The standard InChI is InChI=1S/C22H26N2O5/c1-14(25)22(23-29-3)17(26)13-21(10-6-12-28-2)11-9-18(27)24-16-8-5-4-7-15(16)19(22)20(21)24/h4-5,7-8,23H,6,9-13H2,1-3H3/t21-,22-/m1/s1. The molecule has 2 aliphatic rings. The van der Waals surface area contributed by atoms with Crippen LogP contribution in [0.2, 0.25) is 0 Å². The van der Waals surface area contributed by atoms with E-state index >= 15 is 0 Å². The zero-order valence-electron chi connectivity index (χ0n) is 17.0. The Balaban J connectivity index is 2.10. The van der Waals surface area contributed by atoms with Crippen molar-refractivity contribution in [3.05, 3.63) is 35.5 Å². The second-order valence-corrected chi connectivity index (χ2v) is 8.06. The Labute approximate surface area is 169 Å². The molecule has 2 heterocycles. The van der Waals surface area contributed by atoms with E-state index in [0.29, 0.717) is 31.4 Å². The highest BCUT2D eigenvalue weighted by atomic mass is 16.6. The lowest BCUT2D eigenvalue weighted by Gasteiger charge is -2.46. The minimum atomic E-state index is -1.61. The third kappa shape index (κ3) is 2.64. The van der Waals surface area contributed by atoms with Crippen LogP contribution in [-0.4, -0.2) is 42.9 Å². The Hall–Kier alpha value is -2.35. The summed E-state index contributed by atoms with van der Waals surface area (Å²) in [4.78, 5) is 44.7. The largest absolute Gasteiger partial charge is 0.385 e. The topological polar surface area (TPSA) is 86.6 Å². The predicted molar refractivity (Wildman–Crippen MR) is 107 cm³/mol. The Morgan fingerprint density at radius 2 is 2.00 bits per heavy atom. The molecule has 0 spiro atoms. The first kappa shape index (κ1) is 19.9. The van der Waals surface area contributed by atoms with Crippen molar-refractivity contribution in [2.24, 2.45) is 0 Å². The van der Waals surface area contributed by atoms with Crippen molar-refractivity contribution in [3.63, 3.8) is 0 Å². The summed E-state index contributed by atoms with van der Waals surface area (Å²) in [5.41, 5.74) is 2.71. The van der Waals surface area contributed by atoms with Crippen LogP contribution < -0.4 is 5.48 Å². The summed E-state index contributed by atoms with van der Waals surface area (Å²) < 4.78 is 6.98. The molecule has 0 unspecified atom stereocenters. The monoisotopic (exact) mass is 398 g/mol. The van der Waals surface area contributed by atoms with Crippen LogP contribution in [-0.2, 0) is 30.1 Å². The van der Waals surface area contributed by atoms with Crippen LogP contribution >= 0.6 is 0 Å². The summed E-state index contributed by atoms with van der Waals surface area (Å²) >= 11 is 0. The molecule has 29 heavy (non-hydrogen) atoms. The molecular formula is C22H26N2O5. The maximum atomic E-state index is 13.6. The smallest absolute Gasteiger partial charge is 0.231 e. The van der Waals surface area contributed by atoms with Gasteiger partial charge < -0.3 is 9.57 Å². The second-order valence-electron chi connectivity index (χ2n) is 8.06. The van der Waals surface area contributed by atoms with Gasteiger partial charge >= 0.3 is 0 Å². The summed E-state index contributed by atoms with van der Waals surface area (Å²) in [5, 5.41) is 0.738. The van der Waals surface area contributed by atoms with Crippen LogP contribution in [0.5, 0.6) is 0 Å². The van der Waals surface area contributed by atoms with Crippen molar-refractivity contribution in [3.8, 4) is 0 Å². The van der Waals surface area contributed by atoms with E-state index in [-0.39, 0.29) is 23.9 Å². The molecule has 1 aliphatic heterocycles. The van der Waals surface area contributed by atoms with E-state index in [2.05, 4.69) is 5.48 Å². The number of carbonyl (C=O) groups excluding carboxylic acids is 3. The van der Waals surface area contributed by atoms with Crippen molar-refractivity contribution in [1.29, 1.82) is 0 Å². The van der Waals surface area contributed by atoms with E-state index in [0.717, 1.165) is 23.0 Å². The fourth-order valence-corrected chi connectivity index (χ4v) is 5.30. The molecule has 4 rings (SSSR count). The molecule has 1 aliphatic carbocycles. The number of ketones is 2. The van der Waals surface area contributed by atoms with Crippen LogP contribution in [0.4, 0.5) is 0 Å². The van der Waals surface area contributed by atoms with Gasteiger partial charge in [0.05, 0.1) is 12.6 Å². The zero-order chi connectivity index (χ0) is 20.8. The highest BCUT2D eigenvalue weighted by molar-refractivity contribution is 6.17. The van der Waals surface area contributed by atoms with Crippen molar-refractivity contribution >= 4 is 28.4 Å². The minimum Gasteiger partial charge on any atom is -0.385 e. The number of rotatable bonds is 7. The van der Waals surface area contributed by atoms with Gasteiger partial charge in [0.25, 0.3) is 0 Å². The van der Waals surface area contributed by atoms with Gasteiger partial charge in [0.2, 0.25) is 5.91 Å². The first-order valence-corrected chi connectivity index (χ1v) is 9.94. The quantitative estimate of drug-likeness (QED) is 0.438. The van der Waals surface area contributed by atoms with Crippen molar-refractivity contribution in [2.75, 3.05) is 20.8 Å². The molecule has 0 saturated carbocycles. The Morgan fingerprint density at radius 3 is 2.69 bits per heavy atom. The van der Waals surface area contributed by atoms with Crippen LogP contribution in [0.3, 0.4) is 0 Å². The number of nitrogens with zero attached hydrogens (tertiary/aromatic N) is 1. The second kappa shape index (κ2) is 7.16. The van der Waals surface area contributed by atoms with Crippen LogP contribution in [0.15, 0.2) is 24.3 Å². The predicted octanol–water partition coefficient (Wildman–Crippen LogP) is 2.65. The molecule has 0 saturated heterocycles. The van der Waals surface area contributed by atoms with Gasteiger partial charge in [-0.05, 0) is 32.3 Å². The van der Waals surface area contributed by atoms with E-state index < -0.39 is 11.0 Å². The maximum Gasteiger partial charge on any atom is 0.231 e. The highest BCUT2D eigenvalue weighted by Gasteiger charge is 2.59. The number of hydrogen-bond donors (Lipinski definition) is 1. The maximum absolute atomic E-state index is 13.6. The van der Waals surface area contributed by atoms with E-state index in [9.17, 15) is 14.4 Å². The zero-order valence-corrected chi connectivity index (χ0v) is 17.0. The molecule has 154 valence electrons. The van der Waals surface area contributed by atoms with Crippen LogP contribution in [0.25, 0.3) is 10.9 Å². The lowest BCUT2D eigenvalue weighted by atomic mass is 9.60. The number of hydrogen-bond acceptors (Lipinski definition) is 6. The molecule has 0 bridgehead atoms. The van der Waals surface area contributed by atoms with Gasteiger partial charge in [0.15, 0.2) is 17.1 Å². The molecule has 1 aromatic carbocycles. The lowest BCUT2D eigenvalue weighted by Crippen LogP contribution is -2.60. The van der Waals surface area contributed by atoms with Gasteiger partial charge in [-0.3, -0.25) is 19.0 Å². The SMILES string of the molecule is COCCC[C@]12CCC(=O)n3c1c(c1ccccc13)[C@@](NOC)(C(C)=O)C(=O)C2. The average Bonchev–Trinajstić information content (AvgIpc) is 3.06. The summed E-state index contributed by atoms with van der Waals surface area (Å²) in [7, 11) is 3.05. The van der Waals surface area contributed by atoms with Gasteiger partial charge in [0, 0.05) is 48.6 Å². The van der Waals surface area contributed by atoms with E-state index in [1.807, 2.05) is 24.3 Å². The van der Waals surface area contributed by atoms with Crippen molar-refractivity contribution in [1.82, 2.24) is 10.0 Å². The highest BCUT2D eigenvalue weighted by Crippen LogP contribution is 2.53. The summed E-state index contributed by atoms with van der Waals surface area (Å²) in [6, 6.07) is 7.47. The van der Waals surface area contributed by atoms with Crippen molar-refractivity contribution in [2.45, 2.75) is 50.0 Å². The van der Waals surface area contributed by atoms with Gasteiger partial charge in [-0.25, -0.2) is 0 Å². The lowest BCUT2D eigenvalue weighted by molar-refractivity contribution is -0.146. The fourth-order valence-electron chi connectivity index (χ4n) is 5.30. The fraction of sp³-hybridized carbons (Fsp3) is 0.500. The van der Waals surface area contributed by atoms with Gasteiger partial charge in [0.1, 0.15) is 0 Å².